The quantitative estimate of drug-likeness (QED) is 0.145. The molecule has 1 aromatic heterocycles. The van der Waals surface area contributed by atoms with Crippen LogP contribution in [0, 0.1) is 0 Å². The highest BCUT2D eigenvalue weighted by Gasteiger charge is 2.35. The largest absolute Gasteiger partial charge is 0.310 e. The Morgan fingerprint density at radius 2 is 0.881 bits per heavy atom. The summed E-state index contributed by atoms with van der Waals surface area (Å²) < 4.78 is 2.48. The molecule has 0 radical (unpaired) electrons. The second-order valence-corrected chi connectivity index (χ2v) is 18.5. The number of benzene rings is 11. The van der Waals surface area contributed by atoms with Crippen molar-refractivity contribution in [1.82, 2.24) is 4.57 Å². The van der Waals surface area contributed by atoms with Crippen LogP contribution in [0.4, 0.5) is 17.1 Å². The second-order valence-electron chi connectivity index (χ2n) is 18.5. The van der Waals surface area contributed by atoms with Gasteiger partial charge in [0, 0.05) is 38.8 Å². The molecule has 0 fully saturated rings. The van der Waals surface area contributed by atoms with Crippen molar-refractivity contribution in [2.45, 2.75) is 19.3 Å². The Labute approximate surface area is 391 Å². The first-order chi connectivity index (χ1) is 33.0. The Hall–Kier alpha value is -8.46. The molecule has 0 spiro atoms. The van der Waals surface area contributed by atoms with Gasteiger partial charge in [-0.05, 0) is 132 Å². The Bertz CT molecular complexity index is 3870. The Morgan fingerprint density at radius 1 is 0.328 bits per heavy atom. The van der Waals surface area contributed by atoms with Gasteiger partial charge in [0.2, 0.25) is 0 Å². The molecule has 1 aliphatic carbocycles. The molecule has 0 saturated heterocycles. The summed E-state index contributed by atoms with van der Waals surface area (Å²) in [5.74, 6) is 0. The highest BCUT2D eigenvalue weighted by molar-refractivity contribution is 6.21. The van der Waals surface area contributed by atoms with Crippen molar-refractivity contribution < 1.29 is 0 Å². The molecule has 67 heavy (non-hydrogen) atoms. The Morgan fingerprint density at radius 3 is 1.67 bits per heavy atom. The number of para-hydroxylation sites is 2. The van der Waals surface area contributed by atoms with Gasteiger partial charge < -0.3 is 9.47 Å². The van der Waals surface area contributed by atoms with Gasteiger partial charge in [-0.25, -0.2) is 0 Å². The number of fused-ring (bicyclic) bond motifs is 9. The molecular weight excluding hydrogens is 809 g/mol. The minimum atomic E-state index is -0.116. The third-order valence-corrected chi connectivity index (χ3v) is 14.4. The molecule has 0 amide bonds. The second kappa shape index (κ2) is 15.3. The predicted octanol–water partition coefficient (Wildman–Crippen LogP) is 17.9. The van der Waals surface area contributed by atoms with E-state index in [4.69, 9.17) is 0 Å². The van der Waals surface area contributed by atoms with Crippen molar-refractivity contribution in [2.75, 3.05) is 4.90 Å². The highest BCUT2D eigenvalue weighted by Crippen LogP contribution is 2.51. The average Bonchev–Trinajstić information content (AvgIpc) is 3.85. The summed E-state index contributed by atoms with van der Waals surface area (Å²) in [5, 5.41) is 7.57. The Balaban J connectivity index is 0.947. The first-order valence-corrected chi connectivity index (χ1v) is 23.3. The summed E-state index contributed by atoms with van der Waals surface area (Å²) in [6.45, 7) is 4.71. The number of rotatable bonds is 7. The van der Waals surface area contributed by atoms with Crippen molar-refractivity contribution >= 4 is 60.4 Å². The van der Waals surface area contributed by atoms with Crippen molar-refractivity contribution in [3.05, 3.63) is 254 Å². The standard InChI is InChI=1S/C65H46N2/c1-65(2)59-27-13-10-24-54(59)55-40-39-49(42-60(55)65)66(47-35-31-44(32-36-47)43-17-4-3-5-18-43)48-37-33-45(34-38-48)51-21-11-14-28-61(51)67-62-29-15-12-25-57(62)64-56(26-16-30-63(64)67)58-41-46-19-6-7-20-50(46)52-22-8-9-23-53(52)58/h3-42H,1-2H3. The van der Waals surface area contributed by atoms with E-state index >= 15 is 0 Å². The van der Waals surface area contributed by atoms with Crippen LogP contribution >= 0.6 is 0 Å². The fourth-order valence-electron chi connectivity index (χ4n) is 11.2. The van der Waals surface area contributed by atoms with Crippen LogP contribution in [0.25, 0.3) is 93.5 Å². The lowest BCUT2D eigenvalue weighted by Crippen LogP contribution is -2.16. The molecule has 0 unspecified atom stereocenters. The van der Waals surface area contributed by atoms with Crippen molar-refractivity contribution in [1.29, 1.82) is 0 Å². The van der Waals surface area contributed by atoms with Crippen LogP contribution in [0.2, 0.25) is 0 Å². The molecule has 12 aromatic rings. The normalized spacial score (nSPS) is 12.7. The van der Waals surface area contributed by atoms with E-state index in [0.717, 1.165) is 28.3 Å². The lowest BCUT2D eigenvalue weighted by atomic mass is 9.82. The lowest BCUT2D eigenvalue weighted by Gasteiger charge is -2.28. The topological polar surface area (TPSA) is 8.17 Å². The van der Waals surface area contributed by atoms with Crippen LogP contribution < -0.4 is 4.90 Å². The van der Waals surface area contributed by atoms with E-state index in [2.05, 4.69) is 266 Å². The molecule has 0 N–H and O–H groups in total. The van der Waals surface area contributed by atoms with Gasteiger partial charge >= 0.3 is 0 Å². The van der Waals surface area contributed by atoms with E-state index in [9.17, 15) is 0 Å². The molecule has 316 valence electrons. The molecule has 11 aromatic carbocycles. The first kappa shape index (κ1) is 39.0. The molecule has 13 rings (SSSR count). The highest BCUT2D eigenvalue weighted by atomic mass is 15.1. The Kier molecular flexibility index (Phi) is 8.91. The van der Waals surface area contributed by atoms with Gasteiger partial charge in [0.05, 0.1) is 16.7 Å². The summed E-state index contributed by atoms with van der Waals surface area (Å²) in [7, 11) is 0. The van der Waals surface area contributed by atoms with E-state index in [-0.39, 0.29) is 5.41 Å². The smallest absolute Gasteiger partial charge is 0.0547 e. The number of aromatic nitrogens is 1. The minimum absolute atomic E-state index is 0.116. The van der Waals surface area contributed by atoms with Gasteiger partial charge in [-0.15, -0.1) is 0 Å². The zero-order valence-corrected chi connectivity index (χ0v) is 37.5. The fraction of sp³-hybridized carbons (Fsp3) is 0.0462. The molecule has 0 bridgehead atoms. The van der Waals surface area contributed by atoms with Crippen molar-refractivity contribution in [2.24, 2.45) is 0 Å². The molecule has 2 heteroatoms. The minimum Gasteiger partial charge on any atom is -0.310 e. The van der Waals surface area contributed by atoms with Crippen LogP contribution in [0.5, 0.6) is 0 Å². The maximum atomic E-state index is 2.48. The van der Waals surface area contributed by atoms with Gasteiger partial charge in [0.25, 0.3) is 0 Å². The van der Waals surface area contributed by atoms with E-state index < -0.39 is 0 Å². The van der Waals surface area contributed by atoms with Crippen molar-refractivity contribution in [3.8, 4) is 50.2 Å². The van der Waals surface area contributed by atoms with Gasteiger partial charge in [0.1, 0.15) is 0 Å². The molecule has 0 aliphatic heterocycles. The molecule has 2 nitrogen and oxygen atoms in total. The summed E-state index contributed by atoms with van der Waals surface area (Å²) in [5.41, 5.74) is 19.4. The molecule has 0 saturated carbocycles. The van der Waals surface area contributed by atoms with E-state index in [0.29, 0.717) is 0 Å². The predicted molar refractivity (Wildman–Crippen MR) is 284 cm³/mol. The summed E-state index contributed by atoms with van der Waals surface area (Å²) in [6.07, 6.45) is 0. The number of anilines is 3. The molecule has 1 aliphatic rings. The third kappa shape index (κ3) is 6.18. The number of hydrogen-bond acceptors (Lipinski definition) is 1. The monoisotopic (exact) mass is 854 g/mol. The van der Waals surface area contributed by atoms with Crippen LogP contribution in [0.3, 0.4) is 0 Å². The number of nitrogens with zero attached hydrogens (tertiary/aromatic N) is 2. The van der Waals surface area contributed by atoms with Crippen LogP contribution in [0.15, 0.2) is 243 Å². The van der Waals surface area contributed by atoms with E-state index in [1.165, 1.54) is 93.4 Å². The summed E-state index contributed by atoms with van der Waals surface area (Å²) >= 11 is 0. The first-order valence-electron chi connectivity index (χ1n) is 23.3. The summed E-state index contributed by atoms with van der Waals surface area (Å²) in [4.78, 5) is 2.41. The molecule has 0 atom stereocenters. The third-order valence-electron chi connectivity index (χ3n) is 14.4. The van der Waals surface area contributed by atoms with Crippen LogP contribution in [-0.4, -0.2) is 4.57 Å². The van der Waals surface area contributed by atoms with E-state index in [1.807, 2.05) is 0 Å². The maximum Gasteiger partial charge on any atom is 0.0547 e. The SMILES string of the molecule is CC1(C)c2ccccc2-c2ccc(N(c3ccc(-c4ccccc4)cc3)c3ccc(-c4ccccc4-n4c5ccccc5c5c(-c6cc7ccccc7c7ccccc67)cccc54)cc3)cc21. The van der Waals surface area contributed by atoms with Crippen LogP contribution in [-0.2, 0) is 5.41 Å². The van der Waals surface area contributed by atoms with Gasteiger partial charge in [0.15, 0.2) is 0 Å². The maximum absolute atomic E-state index is 2.48. The van der Waals surface area contributed by atoms with Gasteiger partial charge in [-0.3, -0.25) is 0 Å². The molecule has 1 heterocycles. The average molecular weight is 855 g/mol. The summed E-state index contributed by atoms with van der Waals surface area (Å²) in [6, 6.07) is 89.4. The number of hydrogen-bond donors (Lipinski definition) is 0. The van der Waals surface area contributed by atoms with Gasteiger partial charge in [-0.2, -0.15) is 0 Å². The van der Waals surface area contributed by atoms with Crippen LogP contribution in [0.1, 0.15) is 25.0 Å². The zero-order chi connectivity index (χ0) is 44.6. The zero-order valence-electron chi connectivity index (χ0n) is 37.5. The van der Waals surface area contributed by atoms with Gasteiger partial charge in [-0.1, -0.05) is 196 Å². The lowest BCUT2D eigenvalue weighted by molar-refractivity contribution is 0.660. The van der Waals surface area contributed by atoms with Crippen molar-refractivity contribution in [3.63, 3.8) is 0 Å². The van der Waals surface area contributed by atoms with E-state index in [1.54, 1.807) is 0 Å². The fourth-order valence-corrected chi connectivity index (χ4v) is 11.2. The molecular formula is C65H46N2.